The van der Waals surface area contributed by atoms with E-state index in [2.05, 4.69) is 30.4 Å². The molecule has 0 fully saturated rings. The number of aryl methyl sites for hydroxylation is 1. The van der Waals surface area contributed by atoms with E-state index in [-0.39, 0.29) is 0 Å². The first kappa shape index (κ1) is 15.0. The van der Waals surface area contributed by atoms with Gasteiger partial charge in [-0.05, 0) is 37.4 Å². The highest BCUT2D eigenvalue weighted by molar-refractivity contribution is 5.33. The summed E-state index contributed by atoms with van der Waals surface area (Å²) in [4.78, 5) is 0. The lowest BCUT2D eigenvalue weighted by Gasteiger charge is -2.10. The van der Waals surface area contributed by atoms with Gasteiger partial charge >= 0.3 is 0 Å². The molecule has 0 aliphatic rings. The van der Waals surface area contributed by atoms with E-state index < -0.39 is 0 Å². The minimum atomic E-state index is 0.778. The summed E-state index contributed by atoms with van der Waals surface area (Å²) in [5.74, 6) is 1.03. The fourth-order valence-corrected chi connectivity index (χ4v) is 1.77. The SMILES string of the molecule is CCc1ccccc1OCCCCNCCOC. The number of hydrogen-bond donors (Lipinski definition) is 1. The summed E-state index contributed by atoms with van der Waals surface area (Å²) in [6, 6.07) is 8.27. The molecule has 0 amide bonds. The second-order valence-corrected chi connectivity index (χ2v) is 4.26. The average molecular weight is 251 g/mol. The fraction of sp³-hybridized carbons (Fsp3) is 0.600. The third-order valence-electron chi connectivity index (χ3n) is 2.84. The smallest absolute Gasteiger partial charge is 0.122 e. The normalized spacial score (nSPS) is 10.6. The molecular weight excluding hydrogens is 226 g/mol. The zero-order valence-corrected chi connectivity index (χ0v) is 11.6. The van der Waals surface area contributed by atoms with E-state index >= 15 is 0 Å². The highest BCUT2D eigenvalue weighted by Gasteiger charge is 1.99. The zero-order valence-electron chi connectivity index (χ0n) is 11.6. The largest absolute Gasteiger partial charge is 0.493 e. The van der Waals surface area contributed by atoms with Crippen molar-refractivity contribution in [2.75, 3.05) is 33.4 Å². The molecule has 0 aromatic heterocycles. The fourth-order valence-electron chi connectivity index (χ4n) is 1.77. The molecule has 0 spiro atoms. The lowest BCUT2D eigenvalue weighted by molar-refractivity contribution is 0.199. The molecule has 0 atom stereocenters. The van der Waals surface area contributed by atoms with E-state index in [4.69, 9.17) is 9.47 Å². The molecule has 18 heavy (non-hydrogen) atoms. The van der Waals surface area contributed by atoms with Crippen molar-refractivity contribution in [2.24, 2.45) is 0 Å². The van der Waals surface area contributed by atoms with Crippen molar-refractivity contribution in [3.63, 3.8) is 0 Å². The van der Waals surface area contributed by atoms with Gasteiger partial charge in [-0.3, -0.25) is 0 Å². The van der Waals surface area contributed by atoms with Crippen LogP contribution < -0.4 is 10.1 Å². The van der Waals surface area contributed by atoms with Crippen LogP contribution in [0.15, 0.2) is 24.3 Å². The Balaban J connectivity index is 2.07. The van der Waals surface area contributed by atoms with E-state index in [9.17, 15) is 0 Å². The van der Waals surface area contributed by atoms with E-state index in [1.165, 1.54) is 5.56 Å². The summed E-state index contributed by atoms with van der Waals surface area (Å²) in [7, 11) is 1.72. The Labute approximate surface area is 110 Å². The minimum absolute atomic E-state index is 0.778. The molecular formula is C15H25NO2. The Bertz CT molecular complexity index is 315. The first-order chi connectivity index (χ1) is 8.88. The quantitative estimate of drug-likeness (QED) is 0.648. The van der Waals surface area contributed by atoms with Crippen molar-refractivity contribution in [1.29, 1.82) is 0 Å². The van der Waals surface area contributed by atoms with Crippen molar-refractivity contribution in [1.82, 2.24) is 5.32 Å². The van der Waals surface area contributed by atoms with Gasteiger partial charge in [0.1, 0.15) is 5.75 Å². The van der Waals surface area contributed by atoms with Crippen molar-refractivity contribution in [2.45, 2.75) is 26.2 Å². The van der Waals surface area contributed by atoms with Crippen LogP contribution in [0, 0.1) is 0 Å². The van der Waals surface area contributed by atoms with Crippen molar-refractivity contribution < 1.29 is 9.47 Å². The van der Waals surface area contributed by atoms with Crippen LogP contribution in [0.1, 0.15) is 25.3 Å². The number of unbranched alkanes of at least 4 members (excludes halogenated alkanes) is 1. The predicted octanol–water partition coefficient (Wildman–Crippen LogP) is 2.64. The molecule has 1 N–H and O–H groups in total. The number of methoxy groups -OCH3 is 1. The third kappa shape index (κ3) is 6.03. The number of para-hydroxylation sites is 1. The highest BCUT2D eigenvalue weighted by Crippen LogP contribution is 2.18. The molecule has 1 aromatic rings. The van der Waals surface area contributed by atoms with Gasteiger partial charge < -0.3 is 14.8 Å². The Morgan fingerprint density at radius 3 is 2.67 bits per heavy atom. The summed E-state index contributed by atoms with van der Waals surface area (Å²) in [5, 5.41) is 3.33. The van der Waals surface area contributed by atoms with Crippen LogP contribution in [-0.4, -0.2) is 33.4 Å². The number of benzene rings is 1. The minimum Gasteiger partial charge on any atom is -0.493 e. The van der Waals surface area contributed by atoms with E-state index in [1.807, 2.05) is 6.07 Å². The van der Waals surface area contributed by atoms with Crippen LogP contribution >= 0.6 is 0 Å². The topological polar surface area (TPSA) is 30.5 Å². The van der Waals surface area contributed by atoms with E-state index in [0.717, 1.165) is 51.3 Å². The second-order valence-electron chi connectivity index (χ2n) is 4.26. The van der Waals surface area contributed by atoms with Crippen LogP contribution in [0.4, 0.5) is 0 Å². The van der Waals surface area contributed by atoms with Gasteiger partial charge in [-0.1, -0.05) is 25.1 Å². The number of hydrogen-bond acceptors (Lipinski definition) is 3. The first-order valence-electron chi connectivity index (χ1n) is 6.78. The van der Waals surface area contributed by atoms with Crippen molar-refractivity contribution >= 4 is 0 Å². The Kier molecular flexibility index (Phi) is 8.26. The van der Waals surface area contributed by atoms with E-state index in [0.29, 0.717) is 0 Å². The summed E-state index contributed by atoms with van der Waals surface area (Å²) < 4.78 is 10.8. The van der Waals surface area contributed by atoms with Crippen LogP contribution in [-0.2, 0) is 11.2 Å². The first-order valence-corrected chi connectivity index (χ1v) is 6.78. The van der Waals surface area contributed by atoms with Crippen molar-refractivity contribution in [3.8, 4) is 5.75 Å². The highest BCUT2D eigenvalue weighted by atomic mass is 16.5. The number of ether oxygens (including phenoxy) is 2. The van der Waals surface area contributed by atoms with Gasteiger partial charge in [0.05, 0.1) is 13.2 Å². The molecule has 0 aliphatic carbocycles. The summed E-state index contributed by atoms with van der Waals surface area (Å²) >= 11 is 0. The Hall–Kier alpha value is -1.06. The molecule has 102 valence electrons. The van der Waals surface area contributed by atoms with Gasteiger partial charge in [0.15, 0.2) is 0 Å². The predicted molar refractivity (Wildman–Crippen MR) is 75.3 cm³/mol. The van der Waals surface area contributed by atoms with E-state index in [1.54, 1.807) is 7.11 Å². The lowest BCUT2D eigenvalue weighted by atomic mass is 10.1. The maximum absolute atomic E-state index is 5.80. The summed E-state index contributed by atoms with van der Waals surface area (Å²) in [5.41, 5.74) is 1.29. The maximum atomic E-state index is 5.80. The molecule has 0 aliphatic heterocycles. The van der Waals surface area contributed by atoms with Gasteiger partial charge in [0.2, 0.25) is 0 Å². The molecule has 0 saturated heterocycles. The molecule has 1 aromatic carbocycles. The summed E-state index contributed by atoms with van der Waals surface area (Å²) in [6.45, 7) is 5.68. The van der Waals surface area contributed by atoms with Gasteiger partial charge in [-0.25, -0.2) is 0 Å². The molecule has 3 nitrogen and oxygen atoms in total. The molecule has 0 heterocycles. The zero-order chi connectivity index (χ0) is 13.1. The Morgan fingerprint density at radius 2 is 1.89 bits per heavy atom. The molecule has 0 radical (unpaired) electrons. The number of rotatable bonds is 10. The monoisotopic (exact) mass is 251 g/mol. The lowest BCUT2D eigenvalue weighted by Crippen LogP contribution is -2.20. The van der Waals surface area contributed by atoms with Gasteiger partial charge in [0.25, 0.3) is 0 Å². The average Bonchev–Trinajstić information content (AvgIpc) is 2.42. The van der Waals surface area contributed by atoms with Crippen LogP contribution in [0.25, 0.3) is 0 Å². The van der Waals surface area contributed by atoms with Crippen LogP contribution in [0.5, 0.6) is 5.75 Å². The maximum Gasteiger partial charge on any atom is 0.122 e. The molecule has 0 unspecified atom stereocenters. The second kappa shape index (κ2) is 9.92. The third-order valence-corrected chi connectivity index (χ3v) is 2.84. The van der Waals surface area contributed by atoms with Gasteiger partial charge in [-0.2, -0.15) is 0 Å². The van der Waals surface area contributed by atoms with Crippen LogP contribution in [0.3, 0.4) is 0 Å². The molecule has 1 rings (SSSR count). The van der Waals surface area contributed by atoms with Gasteiger partial charge in [-0.15, -0.1) is 0 Å². The molecule has 0 saturated carbocycles. The summed E-state index contributed by atoms with van der Waals surface area (Å²) in [6.07, 6.45) is 3.24. The molecule has 3 heteroatoms. The van der Waals surface area contributed by atoms with Crippen LogP contribution in [0.2, 0.25) is 0 Å². The number of nitrogens with one attached hydrogen (secondary N) is 1. The standard InChI is InChI=1S/C15H25NO2/c1-3-14-8-4-5-9-15(14)18-12-7-6-10-16-11-13-17-2/h4-5,8-9,16H,3,6-7,10-13H2,1-2H3. The van der Waals surface area contributed by atoms with Gasteiger partial charge in [0, 0.05) is 13.7 Å². The Morgan fingerprint density at radius 1 is 1.06 bits per heavy atom. The van der Waals surface area contributed by atoms with Crippen molar-refractivity contribution in [3.05, 3.63) is 29.8 Å². The molecule has 0 bridgehead atoms.